The van der Waals surface area contributed by atoms with Crippen LogP contribution in [0.15, 0.2) is 30.3 Å². The number of aryl methyl sites for hydroxylation is 2. The quantitative estimate of drug-likeness (QED) is 0.881. The normalized spacial score (nSPS) is 10.8. The second kappa shape index (κ2) is 5.49. The van der Waals surface area contributed by atoms with Crippen molar-refractivity contribution >= 4 is 0 Å². The second-order valence-corrected chi connectivity index (χ2v) is 4.74. The lowest BCUT2D eigenvalue weighted by Crippen LogP contribution is -2.05. The zero-order valence-corrected chi connectivity index (χ0v) is 11.3. The highest BCUT2D eigenvalue weighted by Crippen LogP contribution is 2.29. The van der Waals surface area contributed by atoms with Gasteiger partial charge >= 0.3 is 0 Å². The summed E-state index contributed by atoms with van der Waals surface area (Å²) in [5.74, 6) is -1.54. The molecule has 0 fully saturated rings. The van der Waals surface area contributed by atoms with Gasteiger partial charge in [-0.2, -0.15) is 0 Å². The van der Waals surface area contributed by atoms with Gasteiger partial charge in [0.05, 0.1) is 0 Å². The Balaban J connectivity index is 2.51. The molecular formula is C16H17F2N. The van der Waals surface area contributed by atoms with Gasteiger partial charge in [-0.3, -0.25) is 0 Å². The van der Waals surface area contributed by atoms with E-state index in [-0.39, 0.29) is 0 Å². The lowest BCUT2D eigenvalue weighted by molar-refractivity contribution is 0.505. The molecule has 2 rings (SSSR count). The van der Waals surface area contributed by atoms with E-state index < -0.39 is 11.6 Å². The number of nitrogens with one attached hydrogen (secondary N) is 1. The molecule has 0 saturated heterocycles. The summed E-state index contributed by atoms with van der Waals surface area (Å²) in [5, 5.41) is 3.06. The van der Waals surface area contributed by atoms with Crippen molar-refractivity contribution in [1.29, 1.82) is 0 Å². The van der Waals surface area contributed by atoms with Gasteiger partial charge in [0.1, 0.15) is 0 Å². The highest BCUT2D eigenvalue weighted by atomic mass is 19.2. The predicted octanol–water partition coefficient (Wildman–Crippen LogP) is 3.97. The first-order valence-corrected chi connectivity index (χ1v) is 6.23. The number of benzene rings is 2. The summed E-state index contributed by atoms with van der Waals surface area (Å²) >= 11 is 0. The van der Waals surface area contributed by atoms with Gasteiger partial charge in [-0.25, -0.2) is 8.78 Å². The summed E-state index contributed by atoms with van der Waals surface area (Å²) in [5.41, 5.74) is 3.44. The fourth-order valence-corrected chi connectivity index (χ4v) is 2.20. The van der Waals surface area contributed by atoms with Gasteiger partial charge < -0.3 is 5.32 Å². The predicted molar refractivity (Wildman–Crippen MR) is 74.0 cm³/mol. The van der Waals surface area contributed by atoms with Gasteiger partial charge in [-0.1, -0.05) is 30.3 Å². The molecule has 0 saturated carbocycles. The van der Waals surface area contributed by atoms with Crippen molar-refractivity contribution in [2.45, 2.75) is 20.4 Å². The second-order valence-electron chi connectivity index (χ2n) is 4.74. The summed E-state index contributed by atoms with van der Waals surface area (Å²) in [4.78, 5) is 0. The van der Waals surface area contributed by atoms with E-state index in [9.17, 15) is 8.78 Å². The van der Waals surface area contributed by atoms with Crippen LogP contribution in [0, 0.1) is 25.5 Å². The topological polar surface area (TPSA) is 12.0 Å². The van der Waals surface area contributed by atoms with Crippen LogP contribution in [0.1, 0.15) is 16.7 Å². The molecule has 0 aliphatic carbocycles. The monoisotopic (exact) mass is 261 g/mol. The Morgan fingerprint density at radius 1 is 0.895 bits per heavy atom. The highest BCUT2D eigenvalue weighted by Gasteiger charge is 2.14. The Morgan fingerprint density at radius 3 is 2.21 bits per heavy atom. The zero-order valence-electron chi connectivity index (χ0n) is 11.3. The van der Waals surface area contributed by atoms with Crippen molar-refractivity contribution in [3.8, 4) is 11.1 Å². The molecule has 0 heterocycles. The molecule has 0 bridgehead atoms. The largest absolute Gasteiger partial charge is 0.316 e. The van der Waals surface area contributed by atoms with E-state index >= 15 is 0 Å². The van der Waals surface area contributed by atoms with E-state index in [2.05, 4.69) is 5.32 Å². The van der Waals surface area contributed by atoms with Gasteiger partial charge in [0.15, 0.2) is 11.6 Å². The van der Waals surface area contributed by atoms with E-state index in [0.29, 0.717) is 11.1 Å². The number of rotatable bonds is 3. The van der Waals surface area contributed by atoms with Gasteiger partial charge in [0.2, 0.25) is 0 Å². The van der Waals surface area contributed by atoms with Crippen LogP contribution in [-0.2, 0) is 6.54 Å². The zero-order chi connectivity index (χ0) is 14.0. The third-order valence-electron chi connectivity index (χ3n) is 3.24. The maximum atomic E-state index is 14.0. The molecule has 0 aliphatic rings. The van der Waals surface area contributed by atoms with Gasteiger partial charge in [-0.15, -0.1) is 0 Å². The van der Waals surface area contributed by atoms with Crippen molar-refractivity contribution < 1.29 is 8.78 Å². The summed E-state index contributed by atoms with van der Waals surface area (Å²) in [6.45, 7) is 4.22. The smallest absolute Gasteiger partial charge is 0.166 e. The average Bonchev–Trinajstić information content (AvgIpc) is 2.38. The Morgan fingerprint density at radius 2 is 1.58 bits per heavy atom. The number of hydrogen-bond acceptors (Lipinski definition) is 1. The summed E-state index contributed by atoms with van der Waals surface area (Å²) < 4.78 is 27.6. The van der Waals surface area contributed by atoms with Crippen LogP contribution in [0.3, 0.4) is 0 Å². The Kier molecular flexibility index (Phi) is 3.96. The molecule has 1 N–H and O–H groups in total. The maximum Gasteiger partial charge on any atom is 0.166 e. The van der Waals surface area contributed by atoms with Gasteiger partial charge in [-0.05, 0) is 43.1 Å². The minimum atomic E-state index is -0.774. The fourth-order valence-electron chi connectivity index (χ4n) is 2.20. The Bertz CT molecular complexity index is 606. The molecule has 0 unspecified atom stereocenters. The summed E-state index contributed by atoms with van der Waals surface area (Å²) in [6, 6.07) is 9.00. The van der Waals surface area contributed by atoms with Crippen molar-refractivity contribution in [2.75, 3.05) is 7.05 Å². The molecule has 0 amide bonds. The summed E-state index contributed by atoms with van der Waals surface area (Å²) in [6.07, 6.45) is 0. The molecule has 1 nitrogen and oxygen atoms in total. The molecule has 3 heteroatoms. The fraction of sp³-hybridized carbons (Fsp3) is 0.250. The molecule has 100 valence electrons. The maximum absolute atomic E-state index is 14.0. The van der Waals surface area contributed by atoms with E-state index in [1.54, 1.807) is 19.1 Å². The molecule has 19 heavy (non-hydrogen) atoms. The lowest BCUT2D eigenvalue weighted by Gasteiger charge is -2.11. The molecule has 0 spiro atoms. The van der Waals surface area contributed by atoms with Crippen molar-refractivity contribution in [1.82, 2.24) is 5.32 Å². The van der Waals surface area contributed by atoms with E-state index in [0.717, 1.165) is 23.2 Å². The van der Waals surface area contributed by atoms with E-state index in [1.165, 1.54) is 0 Å². The van der Waals surface area contributed by atoms with Crippen LogP contribution >= 0.6 is 0 Å². The molecule has 2 aromatic carbocycles. The minimum absolute atomic E-state index is 0.316. The number of halogens is 2. The van der Waals surface area contributed by atoms with Crippen molar-refractivity contribution in [3.63, 3.8) is 0 Å². The average molecular weight is 261 g/mol. The summed E-state index contributed by atoms with van der Waals surface area (Å²) in [7, 11) is 1.87. The van der Waals surface area contributed by atoms with Gasteiger partial charge in [0.25, 0.3) is 0 Å². The van der Waals surface area contributed by atoms with Crippen LogP contribution < -0.4 is 5.32 Å². The first-order chi connectivity index (χ1) is 9.04. The van der Waals surface area contributed by atoms with Crippen LogP contribution in [-0.4, -0.2) is 7.05 Å². The minimum Gasteiger partial charge on any atom is -0.316 e. The molecular weight excluding hydrogens is 244 g/mol. The van der Waals surface area contributed by atoms with Crippen LogP contribution in [0.2, 0.25) is 0 Å². The third kappa shape index (κ3) is 2.66. The van der Waals surface area contributed by atoms with Crippen LogP contribution in [0.4, 0.5) is 8.78 Å². The lowest BCUT2D eigenvalue weighted by atomic mass is 9.97. The standard InChI is InChI=1S/C16H17F2N/c1-10-4-6-14(16(18)15(10)17)13-7-5-12(9-19-3)8-11(13)2/h4-8,19H,9H2,1-3H3. The third-order valence-corrected chi connectivity index (χ3v) is 3.24. The SMILES string of the molecule is CNCc1ccc(-c2ccc(C)c(F)c2F)c(C)c1. The Hall–Kier alpha value is -1.74. The van der Waals surface area contributed by atoms with E-state index in [4.69, 9.17) is 0 Å². The first-order valence-electron chi connectivity index (χ1n) is 6.23. The van der Waals surface area contributed by atoms with Gasteiger partial charge in [0, 0.05) is 12.1 Å². The molecule has 0 aliphatic heterocycles. The van der Waals surface area contributed by atoms with Crippen LogP contribution in [0.5, 0.6) is 0 Å². The van der Waals surface area contributed by atoms with Crippen molar-refractivity contribution in [2.24, 2.45) is 0 Å². The molecule has 2 aromatic rings. The first kappa shape index (κ1) is 13.7. The molecule has 0 atom stereocenters. The van der Waals surface area contributed by atoms with E-state index in [1.807, 2.05) is 32.2 Å². The highest BCUT2D eigenvalue weighted by molar-refractivity contribution is 5.68. The molecule has 0 radical (unpaired) electrons. The Labute approximate surface area is 112 Å². The van der Waals surface area contributed by atoms with Crippen molar-refractivity contribution in [3.05, 3.63) is 58.7 Å². The molecule has 0 aromatic heterocycles. The number of hydrogen-bond donors (Lipinski definition) is 1. The van der Waals surface area contributed by atoms with Crippen LogP contribution in [0.25, 0.3) is 11.1 Å².